The molecule has 0 radical (unpaired) electrons. The quantitative estimate of drug-likeness (QED) is 0.403. The molecule has 0 amide bonds. The van der Waals surface area contributed by atoms with E-state index in [1.165, 1.54) is 0 Å². The second kappa shape index (κ2) is 5.05. The van der Waals surface area contributed by atoms with Crippen LogP contribution in [0.15, 0.2) is 4.99 Å². The zero-order valence-electron chi connectivity index (χ0n) is 6.67. The summed E-state index contributed by atoms with van der Waals surface area (Å²) in [6, 6.07) is 0. The first-order valence-corrected chi connectivity index (χ1v) is 3.35. The molecule has 10 heavy (non-hydrogen) atoms. The SMILES string of the molecule is CN=C(N)N(C)CCCN. The number of nitrogens with zero attached hydrogens (tertiary/aromatic N) is 2. The van der Waals surface area contributed by atoms with Crippen LogP contribution < -0.4 is 11.5 Å². The number of guanidine groups is 1. The summed E-state index contributed by atoms with van der Waals surface area (Å²) in [7, 11) is 3.58. The first kappa shape index (κ1) is 9.23. The molecule has 60 valence electrons. The molecule has 0 aromatic carbocycles. The smallest absolute Gasteiger partial charge is 0.190 e. The van der Waals surface area contributed by atoms with Gasteiger partial charge in [0.1, 0.15) is 0 Å². The Morgan fingerprint density at radius 1 is 1.60 bits per heavy atom. The summed E-state index contributed by atoms with van der Waals surface area (Å²) >= 11 is 0. The van der Waals surface area contributed by atoms with Crippen LogP contribution in [0, 0.1) is 0 Å². The minimum Gasteiger partial charge on any atom is -0.370 e. The van der Waals surface area contributed by atoms with Crippen LogP contribution in [0.1, 0.15) is 6.42 Å². The molecule has 0 spiro atoms. The summed E-state index contributed by atoms with van der Waals surface area (Å²) < 4.78 is 0. The van der Waals surface area contributed by atoms with Crippen molar-refractivity contribution in [1.29, 1.82) is 0 Å². The van der Waals surface area contributed by atoms with Crippen LogP contribution in [0.2, 0.25) is 0 Å². The average molecular weight is 144 g/mol. The third kappa shape index (κ3) is 3.29. The van der Waals surface area contributed by atoms with Crippen molar-refractivity contribution < 1.29 is 0 Å². The van der Waals surface area contributed by atoms with E-state index in [4.69, 9.17) is 11.5 Å². The predicted molar refractivity (Wildman–Crippen MR) is 43.8 cm³/mol. The zero-order chi connectivity index (χ0) is 7.98. The topological polar surface area (TPSA) is 67.6 Å². The van der Waals surface area contributed by atoms with Gasteiger partial charge in [-0.2, -0.15) is 0 Å². The minimum atomic E-state index is 0.563. The van der Waals surface area contributed by atoms with Crippen molar-refractivity contribution >= 4 is 5.96 Å². The largest absolute Gasteiger partial charge is 0.370 e. The highest BCUT2D eigenvalue weighted by Gasteiger charge is 1.97. The number of aliphatic imine (C=N–C) groups is 1. The lowest BCUT2D eigenvalue weighted by Gasteiger charge is -2.16. The van der Waals surface area contributed by atoms with E-state index in [1.54, 1.807) is 7.05 Å². The van der Waals surface area contributed by atoms with E-state index in [-0.39, 0.29) is 0 Å². The molecule has 0 aliphatic heterocycles. The summed E-state index contributed by atoms with van der Waals surface area (Å²) in [4.78, 5) is 5.70. The molecule has 0 saturated carbocycles. The van der Waals surface area contributed by atoms with Crippen LogP contribution in [-0.4, -0.2) is 38.0 Å². The van der Waals surface area contributed by atoms with Gasteiger partial charge in [-0.1, -0.05) is 0 Å². The Kier molecular flexibility index (Phi) is 4.66. The number of rotatable bonds is 3. The maximum Gasteiger partial charge on any atom is 0.190 e. The van der Waals surface area contributed by atoms with Gasteiger partial charge in [-0.25, -0.2) is 0 Å². The molecule has 0 atom stereocenters. The van der Waals surface area contributed by atoms with Crippen LogP contribution in [0.5, 0.6) is 0 Å². The molecule has 0 heterocycles. The highest BCUT2D eigenvalue weighted by atomic mass is 15.2. The highest BCUT2D eigenvalue weighted by molar-refractivity contribution is 5.77. The molecule has 0 aromatic rings. The van der Waals surface area contributed by atoms with Crippen LogP contribution in [-0.2, 0) is 0 Å². The predicted octanol–water partition coefficient (Wildman–Crippen LogP) is -0.788. The average Bonchev–Trinajstić information content (AvgIpc) is 1.98. The van der Waals surface area contributed by atoms with E-state index >= 15 is 0 Å². The molecule has 4 N–H and O–H groups in total. The van der Waals surface area contributed by atoms with Gasteiger partial charge >= 0.3 is 0 Å². The lowest BCUT2D eigenvalue weighted by atomic mass is 10.4. The molecule has 4 heteroatoms. The van der Waals surface area contributed by atoms with E-state index in [0.717, 1.165) is 13.0 Å². The Labute approximate surface area is 61.9 Å². The summed E-state index contributed by atoms with van der Waals surface area (Å²) in [6.07, 6.45) is 0.951. The van der Waals surface area contributed by atoms with Crippen molar-refractivity contribution in [1.82, 2.24) is 4.90 Å². The van der Waals surface area contributed by atoms with E-state index < -0.39 is 0 Å². The maximum atomic E-state index is 5.49. The van der Waals surface area contributed by atoms with Gasteiger partial charge in [0.25, 0.3) is 0 Å². The van der Waals surface area contributed by atoms with Gasteiger partial charge in [-0.15, -0.1) is 0 Å². The lowest BCUT2D eigenvalue weighted by molar-refractivity contribution is 0.486. The zero-order valence-corrected chi connectivity index (χ0v) is 6.67. The van der Waals surface area contributed by atoms with Crippen molar-refractivity contribution in [3.05, 3.63) is 0 Å². The molecule has 4 nitrogen and oxygen atoms in total. The maximum absolute atomic E-state index is 5.49. The van der Waals surface area contributed by atoms with Crippen molar-refractivity contribution in [2.75, 3.05) is 27.2 Å². The Balaban J connectivity index is 3.51. The van der Waals surface area contributed by atoms with Crippen LogP contribution in [0.25, 0.3) is 0 Å². The van der Waals surface area contributed by atoms with E-state index in [2.05, 4.69) is 4.99 Å². The second-order valence-electron chi connectivity index (χ2n) is 2.15. The molecule has 0 aliphatic carbocycles. The van der Waals surface area contributed by atoms with E-state index in [9.17, 15) is 0 Å². The molecule has 0 rings (SSSR count). The summed E-state index contributed by atoms with van der Waals surface area (Å²) in [5.41, 5.74) is 10.8. The van der Waals surface area contributed by atoms with Crippen molar-refractivity contribution in [2.45, 2.75) is 6.42 Å². The first-order chi connectivity index (χ1) is 4.72. The van der Waals surface area contributed by atoms with Crippen LogP contribution in [0.4, 0.5) is 0 Å². The van der Waals surface area contributed by atoms with Crippen molar-refractivity contribution in [3.63, 3.8) is 0 Å². The first-order valence-electron chi connectivity index (χ1n) is 3.35. The molecule has 0 saturated heterocycles. The molecule has 0 aromatic heterocycles. The molecule has 0 aliphatic rings. The fourth-order valence-corrected chi connectivity index (χ4v) is 0.614. The van der Waals surface area contributed by atoms with Gasteiger partial charge in [0, 0.05) is 20.6 Å². The highest BCUT2D eigenvalue weighted by Crippen LogP contribution is 1.83. The van der Waals surface area contributed by atoms with Crippen molar-refractivity contribution in [3.8, 4) is 0 Å². The summed E-state index contributed by atoms with van der Waals surface area (Å²) in [5.74, 6) is 0.563. The standard InChI is InChI=1S/C6H16N4/c1-9-6(8)10(2)5-3-4-7/h3-5,7H2,1-2H3,(H2,8,9). The monoisotopic (exact) mass is 144 g/mol. The number of hydrogen-bond acceptors (Lipinski definition) is 2. The molecular formula is C6H16N4. The Hall–Kier alpha value is -0.770. The lowest BCUT2D eigenvalue weighted by Crippen LogP contribution is -2.35. The Morgan fingerprint density at radius 2 is 2.20 bits per heavy atom. The van der Waals surface area contributed by atoms with Gasteiger partial charge in [0.2, 0.25) is 0 Å². The normalized spacial score (nSPS) is 11.7. The van der Waals surface area contributed by atoms with E-state index in [1.807, 2.05) is 11.9 Å². The number of hydrogen-bond donors (Lipinski definition) is 2. The Morgan fingerprint density at radius 3 is 2.60 bits per heavy atom. The van der Waals surface area contributed by atoms with Gasteiger partial charge in [-0.3, -0.25) is 4.99 Å². The van der Waals surface area contributed by atoms with Gasteiger partial charge in [0.05, 0.1) is 0 Å². The van der Waals surface area contributed by atoms with Gasteiger partial charge in [-0.05, 0) is 13.0 Å². The van der Waals surface area contributed by atoms with Gasteiger partial charge in [0.15, 0.2) is 5.96 Å². The third-order valence-corrected chi connectivity index (χ3v) is 1.32. The molecule has 0 fully saturated rings. The molecule has 0 bridgehead atoms. The minimum absolute atomic E-state index is 0.563. The van der Waals surface area contributed by atoms with Gasteiger partial charge < -0.3 is 16.4 Å². The van der Waals surface area contributed by atoms with Crippen LogP contribution in [0.3, 0.4) is 0 Å². The Bertz CT molecular complexity index is 110. The second-order valence-corrected chi connectivity index (χ2v) is 2.15. The third-order valence-electron chi connectivity index (χ3n) is 1.32. The van der Waals surface area contributed by atoms with E-state index in [0.29, 0.717) is 12.5 Å². The number of nitrogens with two attached hydrogens (primary N) is 2. The molecule has 0 unspecified atom stereocenters. The van der Waals surface area contributed by atoms with Crippen LogP contribution >= 0.6 is 0 Å². The summed E-state index contributed by atoms with van der Waals surface area (Å²) in [6.45, 7) is 1.57. The fraction of sp³-hybridized carbons (Fsp3) is 0.833. The fourth-order valence-electron chi connectivity index (χ4n) is 0.614. The summed E-state index contributed by atoms with van der Waals surface area (Å²) in [5, 5.41) is 0. The van der Waals surface area contributed by atoms with Crippen molar-refractivity contribution in [2.24, 2.45) is 16.5 Å². The molecular weight excluding hydrogens is 128 g/mol.